The predicted octanol–water partition coefficient (Wildman–Crippen LogP) is 3.51. The maximum Gasteiger partial charge on any atom is 0.0639 e. The summed E-state index contributed by atoms with van der Waals surface area (Å²) in [6.07, 6.45) is 0. The second-order valence-corrected chi connectivity index (χ2v) is 4.49. The smallest absolute Gasteiger partial charge is 0.0639 e. The van der Waals surface area contributed by atoms with Gasteiger partial charge in [0.25, 0.3) is 0 Å². The third-order valence-corrected chi connectivity index (χ3v) is 2.44. The Balaban J connectivity index is 2.16. The summed E-state index contributed by atoms with van der Waals surface area (Å²) in [5.74, 6) is 1.17. The van der Waals surface area contributed by atoms with Gasteiger partial charge < -0.3 is 10.1 Å². The highest BCUT2D eigenvalue weighted by Crippen LogP contribution is 2.10. The van der Waals surface area contributed by atoms with E-state index in [-0.39, 0.29) is 0 Å². The third-order valence-electron chi connectivity index (χ3n) is 2.13. The lowest BCUT2D eigenvalue weighted by Gasteiger charge is -2.09. The van der Waals surface area contributed by atoms with Crippen molar-refractivity contribution < 1.29 is 4.74 Å². The Morgan fingerprint density at radius 2 is 1.94 bits per heavy atom. The average molecular weight is 242 g/mol. The molecule has 1 aromatic rings. The fraction of sp³-hybridized carbons (Fsp3) is 0.538. The van der Waals surface area contributed by atoms with Gasteiger partial charge in [-0.1, -0.05) is 26.0 Å². The molecular weight excluding hydrogens is 222 g/mol. The van der Waals surface area contributed by atoms with Crippen molar-refractivity contribution in [2.75, 3.05) is 25.1 Å². The summed E-state index contributed by atoms with van der Waals surface area (Å²) in [7, 11) is 0. The molecule has 0 saturated carbocycles. The van der Waals surface area contributed by atoms with Gasteiger partial charge in [0, 0.05) is 24.7 Å². The molecule has 0 amide bonds. The maximum atomic E-state index is 5.71. The van der Waals surface area contributed by atoms with Crippen LogP contribution in [0.5, 0.6) is 0 Å². The Hall–Kier alpha value is -0.730. The summed E-state index contributed by atoms with van der Waals surface area (Å²) in [5.41, 5.74) is 2.25. The molecule has 0 aliphatic carbocycles. The SMILES string of the molecule is CC(C)COCCNc1ccc(CCl)cc1. The molecule has 3 heteroatoms. The minimum Gasteiger partial charge on any atom is -0.383 e. The molecule has 16 heavy (non-hydrogen) atoms. The van der Waals surface area contributed by atoms with E-state index in [1.54, 1.807) is 0 Å². The van der Waals surface area contributed by atoms with E-state index in [0.29, 0.717) is 11.8 Å². The van der Waals surface area contributed by atoms with E-state index in [9.17, 15) is 0 Å². The molecule has 90 valence electrons. The van der Waals surface area contributed by atoms with Crippen molar-refractivity contribution in [2.24, 2.45) is 5.92 Å². The molecule has 1 rings (SSSR count). The second-order valence-electron chi connectivity index (χ2n) is 4.23. The summed E-state index contributed by atoms with van der Waals surface area (Å²) in [6.45, 7) is 6.71. The zero-order chi connectivity index (χ0) is 11.8. The van der Waals surface area contributed by atoms with Crippen LogP contribution in [0.2, 0.25) is 0 Å². The van der Waals surface area contributed by atoms with Crippen LogP contribution in [0, 0.1) is 5.92 Å². The highest BCUT2D eigenvalue weighted by molar-refractivity contribution is 6.17. The number of nitrogens with one attached hydrogen (secondary N) is 1. The minimum atomic E-state index is 0.567. The molecule has 0 atom stereocenters. The highest BCUT2D eigenvalue weighted by atomic mass is 35.5. The lowest BCUT2D eigenvalue weighted by Crippen LogP contribution is -2.12. The Morgan fingerprint density at radius 1 is 1.25 bits per heavy atom. The van der Waals surface area contributed by atoms with Crippen LogP contribution >= 0.6 is 11.6 Å². The minimum absolute atomic E-state index is 0.567. The van der Waals surface area contributed by atoms with Crippen molar-refractivity contribution in [3.63, 3.8) is 0 Å². The number of rotatable bonds is 7. The van der Waals surface area contributed by atoms with Gasteiger partial charge in [0.1, 0.15) is 0 Å². The van der Waals surface area contributed by atoms with E-state index < -0.39 is 0 Å². The lowest BCUT2D eigenvalue weighted by molar-refractivity contribution is 0.118. The molecule has 1 aromatic carbocycles. The molecule has 0 radical (unpaired) electrons. The van der Waals surface area contributed by atoms with Crippen LogP contribution in [0.4, 0.5) is 5.69 Å². The molecule has 0 heterocycles. The number of anilines is 1. The van der Waals surface area contributed by atoms with Gasteiger partial charge in [-0.2, -0.15) is 0 Å². The molecular formula is C13H20ClNO. The molecule has 0 aliphatic heterocycles. The zero-order valence-electron chi connectivity index (χ0n) is 10.0. The van der Waals surface area contributed by atoms with Crippen LogP contribution in [-0.2, 0) is 10.6 Å². The van der Waals surface area contributed by atoms with E-state index >= 15 is 0 Å². The number of alkyl halides is 1. The van der Waals surface area contributed by atoms with Gasteiger partial charge in [-0.15, -0.1) is 11.6 Å². The number of benzene rings is 1. The molecule has 0 aliphatic rings. The highest BCUT2D eigenvalue weighted by Gasteiger charge is 1.95. The van der Waals surface area contributed by atoms with Crippen LogP contribution < -0.4 is 5.32 Å². The molecule has 0 unspecified atom stereocenters. The summed E-state index contributed by atoms with van der Waals surface area (Å²) in [4.78, 5) is 0. The Bertz CT molecular complexity index is 284. The topological polar surface area (TPSA) is 21.3 Å². The first-order valence-corrected chi connectivity index (χ1v) is 6.22. The van der Waals surface area contributed by atoms with Crippen LogP contribution in [0.1, 0.15) is 19.4 Å². The summed E-state index contributed by atoms with van der Waals surface area (Å²) in [5, 5.41) is 3.30. The normalized spacial score (nSPS) is 10.8. The zero-order valence-corrected chi connectivity index (χ0v) is 10.8. The van der Waals surface area contributed by atoms with Gasteiger partial charge in [-0.25, -0.2) is 0 Å². The Morgan fingerprint density at radius 3 is 2.50 bits per heavy atom. The lowest BCUT2D eigenvalue weighted by atomic mass is 10.2. The maximum absolute atomic E-state index is 5.71. The van der Waals surface area contributed by atoms with Crippen LogP contribution in [0.3, 0.4) is 0 Å². The third kappa shape index (κ3) is 5.38. The first-order chi connectivity index (χ1) is 7.72. The van der Waals surface area contributed by atoms with E-state index in [0.717, 1.165) is 31.0 Å². The first-order valence-electron chi connectivity index (χ1n) is 5.69. The Labute approximate surface area is 103 Å². The molecule has 2 nitrogen and oxygen atoms in total. The summed E-state index contributed by atoms with van der Waals surface area (Å²) in [6, 6.07) is 8.15. The summed E-state index contributed by atoms with van der Waals surface area (Å²) < 4.78 is 5.48. The van der Waals surface area contributed by atoms with Crippen molar-refractivity contribution in [2.45, 2.75) is 19.7 Å². The number of hydrogen-bond donors (Lipinski definition) is 1. The van der Waals surface area contributed by atoms with E-state index in [4.69, 9.17) is 16.3 Å². The Kier molecular flexibility index (Phi) is 6.27. The van der Waals surface area contributed by atoms with Crippen LogP contribution in [-0.4, -0.2) is 19.8 Å². The van der Waals surface area contributed by atoms with Crippen molar-refractivity contribution in [3.8, 4) is 0 Å². The standard InChI is InChI=1S/C13H20ClNO/c1-11(2)10-16-8-7-15-13-5-3-12(9-14)4-6-13/h3-6,11,15H,7-10H2,1-2H3. The number of ether oxygens (including phenoxy) is 1. The quantitative estimate of drug-likeness (QED) is 0.583. The molecule has 1 N–H and O–H groups in total. The van der Waals surface area contributed by atoms with E-state index in [1.165, 1.54) is 0 Å². The summed E-state index contributed by atoms with van der Waals surface area (Å²) >= 11 is 5.71. The number of halogens is 1. The van der Waals surface area contributed by atoms with Gasteiger partial charge >= 0.3 is 0 Å². The largest absolute Gasteiger partial charge is 0.383 e. The van der Waals surface area contributed by atoms with Crippen LogP contribution in [0.25, 0.3) is 0 Å². The van der Waals surface area contributed by atoms with Gasteiger partial charge in [-0.05, 0) is 23.6 Å². The van der Waals surface area contributed by atoms with Crippen molar-refractivity contribution in [1.29, 1.82) is 0 Å². The monoisotopic (exact) mass is 241 g/mol. The van der Waals surface area contributed by atoms with Crippen molar-refractivity contribution in [1.82, 2.24) is 0 Å². The van der Waals surface area contributed by atoms with Gasteiger partial charge in [-0.3, -0.25) is 0 Å². The second kappa shape index (κ2) is 7.53. The van der Waals surface area contributed by atoms with Crippen LogP contribution in [0.15, 0.2) is 24.3 Å². The molecule has 0 saturated heterocycles. The van der Waals surface area contributed by atoms with Crippen molar-refractivity contribution in [3.05, 3.63) is 29.8 Å². The molecule has 0 bridgehead atoms. The molecule has 0 aromatic heterocycles. The van der Waals surface area contributed by atoms with Gasteiger partial charge in [0.15, 0.2) is 0 Å². The van der Waals surface area contributed by atoms with Gasteiger partial charge in [0.05, 0.1) is 6.61 Å². The fourth-order valence-electron chi connectivity index (χ4n) is 1.30. The van der Waals surface area contributed by atoms with E-state index in [2.05, 4.69) is 19.2 Å². The molecule has 0 spiro atoms. The fourth-order valence-corrected chi connectivity index (χ4v) is 1.48. The molecule has 0 fully saturated rings. The first kappa shape index (κ1) is 13.3. The average Bonchev–Trinajstić information content (AvgIpc) is 2.29. The number of hydrogen-bond acceptors (Lipinski definition) is 2. The predicted molar refractivity (Wildman–Crippen MR) is 70.1 cm³/mol. The van der Waals surface area contributed by atoms with Crippen molar-refractivity contribution >= 4 is 17.3 Å². The van der Waals surface area contributed by atoms with Gasteiger partial charge in [0.2, 0.25) is 0 Å². The van der Waals surface area contributed by atoms with E-state index in [1.807, 2.05) is 24.3 Å².